The van der Waals surface area contributed by atoms with Crippen molar-refractivity contribution in [3.63, 3.8) is 0 Å². The molecule has 0 aliphatic rings. The maximum atomic E-state index is 12.6. The largest absolute Gasteiger partial charge is 0.495 e. The number of ether oxygens (including phenoxy) is 1. The van der Waals surface area contributed by atoms with Crippen molar-refractivity contribution in [1.29, 1.82) is 0 Å². The Morgan fingerprint density at radius 2 is 2.04 bits per heavy atom. The highest BCUT2D eigenvalue weighted by Gasteiger charge is 2.21. The molecule has 0 aliphatic heterocycles. The smallest absolute Gasteiger partial charge is 0.244 e. The van der Waals surface area contributed by atoms with E-state index >= 15 is 0 Å². The lowest BCUT2D eigenvalue weighted by molar-refractivity contribution is 0.402. The molecule has 130 valence electrons. The normalized spacial score (nSPS) is 11.4. The minimum absolute atomic E-state index is 0.00296. The highest BCUT2D eigenvalue weighted by Crippen LogP contribution is 2.27. The summed E-state index contributed by atoms with van der Waals surface area (Å²) < 4.78 is 32.9. The molecule has 9 heteroatoms. The van der Waals surface area contributed by atoms with Crippen molar-refractivity contribution in [1.82, 2.24) is 14.7 Å². The Bertz CT molecular complexity index is 976. The minimum atomic E-state index is -3.83. The van der Waals surface area contributed by atoms with Crippen molar-refractivity contribution < 1.29 is 13.2 Å². The van der Waals surface area contributed by atoms with E-state index in [-0.39, 0.29) is 17.2 Å². The molecule has 0 spiro atoms. The van der Waals surface area contributed by atoms with E-state index in [1.165, 1.54) is 36.8 Å². The number of benzene rings is 1. The van der Waals surface area contributed by atoms with E-state index in [9.17, 15) is 8.42 Å². The number of hydrogen-bond donors (Lipinski definition) is 1. The molecule has 3 rings (SSSR count). The average molecular weight is 396 g/mol. The Morgan fingerprint density at radius 1 is 1.24 bits per heavy atom. The van der Waals surface area contributed by atoms with E-state index in [0.29, 0.717) is 16.4 Å². The standard InChI is InChI=1S/C16H14ClN3O3S2/c1-23-14-3-2-12(17)8-15(14)25(21,22)20-9-13-16(19-6-5-18-13)11-4-7-24-10-11/h2-8,10,20H,9H2,1H3. The monoisotopic (exact) mass is 395 g/mol. The second-order valence-electron chi connectivity index (χ2n) is 4.98. The first-order chi connectivity index (χ1) is 12.0. The number of nitrogens with one attached hydrogen (secondary N) is 1. The topological polar surface area (TPSA) is 81.2 Å². The predicted molar refractivity (Wildman–Crippen MR) is 97.4 cm³/mol. The van der Waals surface area contributed by atoms with Crippen LogP contribution in [0, 0.1) is 0 Å². The average Bonchev–Trinajstić information content (AvgIpc) is 3.15. The Morgan fingerprint density at radius 3 is 2.76 bits per heavy atom. The van der Waals surface area contributed by atoms with E-state index in [1.54, 1.807) is 12.3 Å². The first-order valence-corrected chi connectivity index (χ1v) is 9.97. The Labute approximate surface area is 154 Å². The zero-order chi connectivity index (χ0) is 17.9. The van der Waals surface area contributed by atoms with Crippen molar-refractivity contribution in [3.8, 4) is 17.0 Å². The van der Waals surface area contributed by atoms with Crippen molar-refractivity contribution in [3.05, 3.63) is 58.1 Å². The molecule has 0 fully saturated rings. The van der Waals surface area contributed by atoms with E-state index in [4.69, 9.17) is 16.3 Å². The summed E-state index contributed by atoms with van der Waals surface area (Å²) in [6.07, 6.45) is 3.10. The van der Waals surface area contributed by atoms with Crippen LogP contribution in [0.2, 0.25) is 5.02 Å². The quantitative estimate of drug-likeness (QED) is 0.692. The predicted octanol–water partition coefficient (Wildman–Crippen LogP) is 3.35. The number of sulfonamides is 1. The van der Waals surface area contributed by atoms with Gasteiger partial charge in [0.2, 0.25) is 10.0 Å². The third kappa shape index (κ3) is 3.98. The van der Waals surface area contributed by atoms with Crippen molar-refractivity contribution in [2.24, 2.45) is 0 Å². The van der Waals surface area contributed by atoms with Gasteiger partial charge in [0.25, 0.3) is 0 Å². The van der Waals surface area contributed by atoms with Gasteiger partial charge in [0, 0.05) is 28.4 Å². The second-order valence-corrected chi connectivity index (χ2v) is 7.94. The number of rotatable bonds is 6. The fourth-order valence-electron chi connectivity index (χ4n) is 2.24. The van der Waals surface area contributed by atoms with Gasteiger partial charge in [-0.2, -0.15) is 11.3 Å². The van der Waals surface area contributed by atoms with Gasteiger partial charge in [0.05, 0.1) is 25.0 Å². The van der Waals surface area contributed by atoms with Gasteiger partial charge < -0.3 is 4.74 Å². The molecule has 6 nitrogen and oxygen atoms in total. The lowest BCUT2D eigenvalue weighted by atomic mass is 10.2. The molecule has 3 aromatic rings. The van der Waals surface area contributed by atoms with Crippen LogP contribution in [0.5, 0.6) is 5.75 Å². The molecular weight excluding hydrogens is 382 g/mol. The van der Waals surface area contributed by atoms with Crippen LogP contribution in [0.1, 0.15) is 5.69 Å². The fourth-order valence-corrected chi connectivity index (χ4v) is 4.30. The van der Waals surface area contributed by atoms with Gasteiger partial charge in [-0.3, -0.25) is 9.97 Å². The molecular formula is C16H14ClN3O3S2. The van der Waals surface area contributed by atoms with Crippen molar-refractivity contribution >= 4 is 33.0 Å². The molecule has 0 aliphatic carbocycles. The van der Waals surface area contributed by atoms with Crippen LogP contribution in [0.25, 0.3) is 11.3 Å². The summed E-state index contributed by atoms with van der Waals surface area (Å²) >= 11 is 7.45. The third-order valence-electron chi connectivity index (χ3n) is 3.41. The Balaban J connectivity index is 1.88. The van der Waals surface area contributed by atoms with Gasteiger partial charge >= 0.3 is 0 Å². The molecule has 0 amide bonds. The second kappa shape index (κ2) is 7.49. The summed E-state index contributed by atoms with van der Waals surface area (Å²) in [5.74, 6) is 0.217. The van der Waals surface area contributed by atoms with E-state index in [0.717, 1.165) is 5.56 Å². The first-order valence-electron chi connectivity index (χ1n) is 7.17. The van der Waals surface area contributed by atoms with Gasteiger partial charge in [0.15, 0.2) is 0 Å². The molecule has 2 heterocycles. The highest BCUT2D eigenvalue weighted by atomic mass is 35.5. The molecule has 0 unspecified atom stereocenters. The molecule has 0 saturated heterocycles. The zero-order valence-corrected chi connectivity index (χ0v) is 15.5. The molecule has 1 aromatic carbocycles. The number of aromatic nitrogens is 2. The van der Waals surface area contributed by atoms with E-state index < -0.39 is 10.0 Å². The zero-order valence-electron chi connectivity index (χ0n) is 13.1. The summed E-state index contributed by atoms with van der Waals surface area (Å²) in [4.78, 5) is 8.53. The maximum Gasteiger partial charge on any atom is 0.244 e. The highest BCUT2D eigenvalue weighted by molar-refractivity contribution is 7.89. The number of methoxy groups -OCH3 is 1. The molecule has 25 heavy (non-hydrogen) atoms. The van der Waals surface area contributed by atoms with Gasteiger partial charge in [-0.1, -0.05) is 11.6 Å². The molecule has 2 aromatic heterocycles. The minimum Gasteiger partial charge on any atom is -0.495 e. The van der Waals surface area contributed by atoms with E-state index in [1.807, 2.05) is 16.8 Å². The first kappa shape index (κ1) is 17.8. The van der Waals surface area contributed by atoms with Crippen molar-refractivity contribution in [2.45, 2.75) is 11.4 Å². The SMILES string of the molecule is COc1ccc(Cl)cc1S(=O)(=O)NCc1nccnc1-c1ccsc1. The van der Waals surface area contributed by atoms with Crippen LogP contribution in [0.3, 0.4) is 0 Å². The van der Waals surface area contributed by atoms with Crippen LogP contribution >= 0.6 is 22.9 Å². The number of thiophene rings is 1. The van der Waals surface area contributed by atoms with Gasteiger partial charge in [-0.05, 0) is 29.6 Å². The summed E-state index contributed by atoms with van der Waals surface area (Å²) in [6.45, 7) is -0.00296. The maximum absolute atomic E-state index is 12.6. The lowest BCUT2D eigenvalue weighted by Crippen LogP contribution is -2.24. The van der Waals surface area contributed by atoms with Crippen LogP contribution in [0.4, 0.5) is 0 Å². The summed E-state index contributed by atoms with van der Waals surface area (Å²) in [6, 6.07) is 6.33. The summed E-state index contributed by atoms with van der Waals surface area (Å²) in [5.41, 5.74) is 2.07. The molecule has 0 atom stereocenters. The molecule has 0 radical (unpaired) electrons. The summed E-state index contributed by atoms with van der Waals surface area (Å²) in [5, 5.41) is 4.16. The van der Waals surface area contributed by atoms with Gasteiger partial charge in [0.1, 0.15) is 10.6 Å². The lowest BCUT2D eigenvalue weighted by Gasteiger charge is -2.12. The molecule has 0 saturated carbocycles. The Kier molecular flexibility index (Phi) is 5.33. The van der Waals surface area contributed by atoms with Crippen molar-refractivity contribution in [2.75, 3.05) is 7.11 Å². The number of halogens is 1. The van der Waals surface area contributed by atoms with Crippen LogP contribution < -0.4 is 9.46 Å². The number of nitrogens with zero attached hydrogens (tertiary/aromatic N) is 2. The van der Waals surface area contributed by atoms with Gasteiger partial charge in [-0.15, -0.1) is 0 Å². The summed E-state index contributed by atoms with van der Waals surface area (Å²) in [7, 11) is -2.43. The molecule has 1 N–H and O–H groups in total. The van der Waals surface area contributed by atoms with Crippen LogP contribution in [-0.4, -0.2) is 25.5 Å². The van der Waals surface area contributed by atoms with Gasteiger partial charge in [-0.25, -0.2) is 13.1 Å². The third-order valence-corrected chi connectivity index (χ3v) is 5.75. The van der Waals surface area contributed by atoms with Crippen LogP contribution in [-0.2, 0) is 16.6 Å². The molecule has 0 bridgehead atoms. The van der Waals surface area contributed by atoms with Crippen LogP contribution in [0.15, 0.2) is 52.3 Å². The number of hydrogen-bond acceptors (Lipinski definition) is 6. The Hall–Kier alpha value is -2.00. The fraction of sp³-hybridized carbons (Fsp3) is 0.125. The van der Waals surface area contributed by atoms with E-state index in [2.05, 4.69) is 14.7 Å².